The molecule has 0 aliphatic rings. The maximum atomic E-state index is 13.7. The molecule has 0 heterocycles. The summed E-state index contributed by atoms with van der Waals surface area (Å²) in [6.07, 6.45) is 3.10. The molecule has 0 aliphatic heterocycles. The van der Waals surface area contributed by atoms with Gasteiger partial charge in [-0.05, 0) is 30.6 Å². The molecule has 1 N–H and O–H groups in total. The summed E-state index contributed by atoms with van der Waals surface area (Å²) in [4.78, 5) is 0. The zero-order valence-corrected chi connectivity index (χ0v) is 15.4. The molecule has 2 nitrogen and oxygen atoms in total. The fraction of sp³-hybridized carbons (Fsp3) is 0.875. The first kappa shape index (κ1) is 20.7. The normalized spacial score (nSPS) is 15.7. The van der Waals surface area contributed by atoms with Gasteiger partial charge in [0.1, 0.15) is 6.10 Å². The summed E-state index contributed by atoms with van der Waals surface area (Å²) in [5.74, 6) is -3.18. The van der Waals surface area contributed by atoms with Gasteiger partial charge in [-0.1, -0.05) is 53.0 Å². The highest BCUT2D eigenvalue weighted by molar-refractivity contribution is 6.74. The molecule has 0 fully saturated rings. The molecule has 0 bridgehead atoms. The number of aliphatic hydroxyl groups excluding tert-OH is 1. The van der Waals surface area contributed by atoms with Crippen LogP contribution in [0, 0.1) is 0 Å². The molecule has 126 valence electrons. The Morgan fingerprint density at radius 3 is 2.24 bits per heavy atom. The maximum Gasteiger partial charge on any atom is 0.291 e. The van der Waals surface area contributed by atoms with E-state index in [0.717, 1.165) is 18.9 Å². The second-order valence-electron chi connectivity index (χ2n) is 7.16. The van der Waals surface area contributed by atoms with Crippen LogP contribution in [0.4, 0.5) is 8.78 Å². The van der Waals surface area contributed by atoms with Crippen molar-refractivity contribution in [3.05, 3.63) is 12.2 Å². The third kappa shape index (κ3) is 7.52. The molecule has 0 saturated carbocycles. The molecule has 5 heteroatoms. The molecule has 0 radical (unpaired) electrons. The lowest BCUT2D eigenvalue weighted by atomic mass is 10.0. The van der Waals surface area contributed by atoms with Crippen molar-refractivity contribution in [3.8, 4) is 0 Å². The monoisotopic (exact) mass is 322 g/mol. The van der Waals surface area contributed by atoms with Gasteiger partial charge < -0.3 is 9.53 Å². The van der Waals surface area contributed by atoms with Crippen molar-refractivity contribution in [1.29, 1.82) is 0 Å². The summed E-state index contributed by atoms with van der Waals surface area (Å²) in [5, 5.41) is 9.62. The van der Waals surface area contributed by atoms with E-state index in [9.17, 15) is 13.9 Å². The first-order valence-corrected chi connectivity index (χ1v) is 10.7. The lowest BCUT2D eigenvalue weighted by Crippen LogP contribution is -2.40. The molecular weight excluding hydrogens is 290 g/mol. The molecule has 0 aromatic heterocycles. The van der Waals surface area contributed by atoms with Gasteiger partial charge in [-0.3, -0.25) is 0 Å². The standard InChI is InChI=1S/C16H32F2O2Si/c1-7-8-9-11-14(19)16(17,18)12-10-13-20-21(5,6)15(2,3)4/h10,12,14,19H,7-9,11,13H2,1-6H3/b12-10-. The van der Waals surface area contributed by atoms with Gasteiger partial charge >= 0.3 is 0 Å². The number of unbranched alkanes of at least 4 members (excludes halogenated alkanes) is 2. The van der Waals surface area contributed by atoms with Gasteiger partial charge in [-0.15, -0.1) is 0 Å². The van der Waals surface area contributed by atoms with E-state index < -0.39 is 20.3 Å². The van der Waals surface area contributed by atoms with E-state index in [-0.39, 0.29) is 18.1 Å². The van der Waals surface area contributed by atoms with Gasteiger partial charge in [0, 0.05) is 0 Å². The Morgan fingerprint density at radius 2 is 1.76 bits per heavy atom. The second kappa shape index (κ2) is 8.39. The minimum absolute atomic E-state index is 0.0586. The summed E-state index contributed by atoms with van der Waals surface area (Å²) in [5.41, 5.74) is 0. The fourth-order valence-corrected chi connectivity index (χ4v) is 2.52. The van der Waals surface area contributed by atoms with Crippen LogP contribution in [-0.2, 0) is 4.43 Å². The van der Waals surface area contributed by atoms with E-state index >= 15 is 0 Å². The molecule has 0 spiro atoms. The van der Waals surface area contributed by atoms with Crippen LogP contribution in [-0.4, -0.2) is 32.1 Å². The predicted molar refractivity (Wildman–Crippen MR) is 87.4 cm³/mol. The van der Waals surface area contributed by atoms with Crippen LogP contribution >= 0.6 is 0 Å². The van der Waals surface area contributed by atoms with Crippen molar-refractivity contribution in [2.45, 2.75) is 83.5 Å². The van der Waals surface area contributed by atoms with Crippen molar-refractivity contribution < 1.29 is 18.3 Å². The molecule has 0 aromatic rings. The molecule has 0 aliphatic carbocycles. The Labute approximate surface area is 129 Å². The van der Waals surface area contributed by atoms with Crippen molar-refractivity contribution in [1.82, 2.24) is 0 Å². The summed E-state index contributed by atoms with van der Waals surface area (Å²) in [6, 6.07) is 0. The Hall–Kier alpha value is -0.263. The number of aliphatic hydroxyl groups is 1. The highest BCUT2D eigenvalue weighted by Crippen LogP contribution is 2.36. The molecule has 0 saturated heterocycles. The van der Waals surface area contributed by atoms with E-state index in [0.29, 0.717) is 6.42 Å². The SMILES string of the molecule is CCCCCC(O)C(F)(F)/C=C\CO[Si](C)(C)C(C)(C)C. The third-order valence-corrected chi connectivity index (χ3v) is 8.71. The quantitative estimate of drug-likeness (QED) is 0.362. The Morgan fingerprint density at radius 1 is 1.19 bits per heavy atom. The number of alkyl halides is 2. The van der Waals surface area contributed by atoms with E-state index in [2.05, 4.69) is 33.9 Å². The fourth-order valence-electron chi connectivity index (χ4n) is 1.57. The van der Waals surface area contributed by atoms with Gasteiger partial charge in [-0.2, -0.15) is 8.78 Å². The molecule has 21 heavy (non-hydrogen) atoms. The van der Waals surface area contributed by atoms with Crippen molar-refractivity contribution in [2.75, 3.05) is 6.61 Å². The van der Waals surface area contributed by atoms with Crippen LogP contribution in [0.1, 0.15) is 53.4 Å². The summed E-state index contributed by atoms with van der Waals surface area (Å²) in [7, 11) is -1.91. The van der Waals surface area contributed by atoms with Gasteiger partial charge in [0.2, 0.25) is 0 Å². The molecule has 0 rings (SSSR count). The van der Waals surface area contributed by atoms with Crippen LogP contribution in [0.25, 0.3) is 0 Å². The summed E-state index contributed by atoms with van der Waals surface area (Å²) < 4.78 is 33.2. The van der Waals surface area contributed by atoms with Crippen molar-refractivity contribution >= 4 is 8.32 Å². The molecule has 0 aromatic carbocycles. The van der Waals surface area contributed by atoms with Crippen LogP contribution < -0.4 is 0 Å². The smallest absolute Gasteiger partial charge is 0.291 e. The summed E-state index contributed by atoms with van der Waals surface area (Å²) in [6.45, 7) is 12.7. The average molecular weight is 323 g/mol. The van der Waals surface area contributed by atoms with Gasteiger partial charge in [0.25, 0.3) is 5.92 Å². The maximum absolute atomic E-state index is 13.7. The van der Waals surface area contributed by atoms with Crippen molar-refractivity contribution in [2.24, 2.45) is 0 Å². The first-order chi connectivity index (χ1) is 9.44. The Bertz CT molecular complexity index is 323. The molecular formula is C16H32F2O2Si. The summed E-state index contributed by atoms with van der Waals surface area (Å²) >= 11 is 0. The minimum atomic E-state index is -3.18. The van der Waals surface area contributed by atoms with Gasteiger partial charge in [0.05, 0.1) is 6.61 Å². The van der Waals surface area contributed by atoms with Crippen LogP contribution in [0.2, 0.25) is 18.1 Å². The van der Waals surface area contributed by atoms with E-state index in [1.54, 1.807) is 0 Å². The highest BCUT2D eigenvalue weighted by atomic mass is 28.4. The lowest BCUT2D eigenvalue weighted by molar-refractivity contribution is -0.0735. The largest absolute Gasteiger partial charge is 0.413 e. The second-order valence-corrected chi connectivity index (χ2v) is 12.0. The average Bonchev–Trinajstić information content (AvgIpc) is 2.33. The van der Waals surface area contributed by atoms with E-state index in [1.807, 2.05) is 6.92 Å². The number of halogens is 2. The molecule has 1 unspecified atom stereocenters. The third-order valence-electron chi connectivity index (χ3n) is 4.21. The van der Waals surface area contributed by atoms with E-state index in [1.165, 1.54) is 6.08 Å². The Kier molecular flexibility index (Phi) is 8.29. The Balaban J connectivity index is 4.33. The minimum Gasteiger partial charge on any atom is -0.413 e. The zero-order valence-electron chi connectivity index (χ0n) is 14.4. The number of hydrogen-bond donors (Lipinski definition) is 1. The lowest BCUT2D eigenvalue weighted by Gasteiger charge is -2.35. The van der Waals surface area contributed by atoms with E-state index in [4.69, 9.17) is 4.43 Å². The topological polar surface area (TPSA) is 29.5 Å². The molecule has 1 atom stereocenters. The predicted octanol–water partition coefficient (Wildman–Crippen LogP) is 5.14. The number of hydrogen-bond acceptors (Lipinski definition) is 2. The van der Waals surface area contributed by atoms with Crippen molar-refractivity contribution in [3.63, 3.8) is 0 Å². The first-order valence-electron chi connectivity index (χ1n) is 7.81. The van der Waals surface area contributed by atoms with Gasteiger partial charge in [0.15, 0.2) is 8.32 Å². The van der Waals surface area contributed by atoms with Crippen LogP contribution in [0.15, 0.2) is 12.2 Å². The number of rotatable bonds is 9. The molecule has 0 amide bonds. The van der Waals surface area contributed by atoms with Gasteiger partial charge in [-0.25, -0.2) is 0 Å². The highest BCUT2D eigenvalue weighted by Gasteiger charge is 2.37. The zero-order chi connectivity index (χ0) is 16.7. The van der Waals surface area contributed by atoms with Crippen LogP contribution in [0.3, 0.4) is 0 Å². The van der Waals surface area contributed by atoms with Crippen LogP contribution in [0.5, 0.6) is 0 Å².